The number of ether oxygens (including phenoxy) is 1. The Morgan fingerprint density at radius 1 is 1.26 bits per heavy atom. The number of esters is 1. The Hall–Kier alpha value is -2.41. The van der Waals surface area contributed by atoms with E-state index in [-0.39, 0.29) is 30.0 Å². The first-order chi connectivity index (χ1) is 12.9. The third-order valence-electron chi connectivity index (χ3n) is 4.88. The molecule has 7 heteroatoms. The van der Waals surface area contributed by atoms with E-state index in [1.165, 1.54) is 28.5 Å². The van der Waals surface area contributed by atoms with Crippen molar-refractivity contribution in [1.82, 2.24) is 9.88 Å². The van der Waals surface area contributed by atoms with Gasteiger partial charge in [0.2, 0.25) is 0 Å². The average Bonchev–Trinajstić information content (AvgIpc) is 2.98. The van der Waals surface area contributed by atoms with Crippen LogP contribution < -0.4 is 10.2 Å². The number of nitrogens with one attached hydrogen (secondary N) is 1. The average molecular weight is 388 g/mol. The fraction of sp³-hybridized carbons (Fsp3) is 0.450. The Kier molecular flexibility index (Phi) is 6.11. The molecule has 1 N–H and O–H groups in total. The topological polar surface area (TPSA) is 77.4 Å². The first-order valence-corrected chi connectivity index (χ1v) is 10.0. The highest BCUT2D eigenvalue weighted by Gasteiger charge is 2.16. The normalized spacial score (nSPS) is 14.3. The summed E-state index contributed by atoms with van der Waals surface area (Å²) in [6, 6.07) is 6.20. The van der Waals surface area contributed by atoms with Crippen molar-refractivity contribution in [2.45, 2.75) is 52.1 Å². The lowest BCUT2D eigenvalue weighted by Crippen LogP contribution is -2.32. The van der Waals surface area contributed by atoms with Crippen molar-refractivity contribution in [2.75, 3.05) is 6.61 Å². The molecule has 1 atom stereocenters. The van der Waals surface area contributed by atoms with Crippen molar-refractivity contribution in [3.05, 3.63) is 55.6 Å². The number of amides is 1. The molecule has 1 aromatic carbocycles. The van der Waals surface area contributed by atoms with E-state index >= 15 is 0 Å². The minimum absolute atomic E-state index is 0.162. The monoisotopic (exact) mass is 388 g/mol. The molecule has 1 aliphatic rings. The standard InChI is InChI=1S/C20H24N2O4S/c1-13-12-27-20(25)22(13)10-19(24)26-11-18(23)21-14(2)16-8-7-15-5-3-4-6-17(15)9-16/h7-9,12,14H,3-6,10-11H2,1-2H3,(H,21,23)/t14-/m0/s1. The van der Waals surface area contributed by atoms with Gasteiger partial charge in [-0.3, -0.25) is 19.0 Å². The van der Waals surface area contributed by atoms with Crippen molar-refractivity contribution in [1.29, 1.82) is 0 Å². The maximum Gasteiger partial charge on any atom is 0.326 e. The molecular formula is C20H24N2O4S. The zero-order valence-electron chi connectivity index (χ0n) is 15.6. The molecule has 0 fully saturated rings. The molecule has 0 aliphatic heterocycles. The Bertz CT molecular complexity index is 900. The van der Waals surface area contributed by atoms with Crippen LogP contribution in [-0.4, -0.2) is 23.1 Å². The number of aromatic nitrogens is 1. The van der Waals surface area contributed by atoms with Crippen molar-refractivity contribution in [3.63, 3.8) is 0 Å². The van der Waals surface area contributed by atoms with Crippen molar-refractivity contribution in [2.24, 2.45) is 0 Å². The van der Waals surface area contributed by atoms with Gasteiger partial charge in [0.15, 0.2) is 6.61 Å². The molecule has 144 valence electrons. The highest BCUT2D eigenvalue weighted by Crippen LogP contribution is 2.24. The van der Waals surface area contributed by atoms with Crippen LogP contribution in [0.2, 0.25) is 0 Å². The van der Waals surface area contributed by atoms with Gasteiger partial charge in [0.1, 0.15) is 6.54 Å². The summed E-state index contributed by atoms with van der Waals surface area (Å²) in [6.07, 6.45) is 4.66. The van der Waals surface area contributed by atoms with Gasteiger partial charge in [-0.2, -0.15) is 0 Å². The van der Waals surface area contributed by atoms with Crippen molar-refractivity contribution in [3.8, 4) is 0 Å². The lowest BCUT2D eigenvalue weighted by molar-refractivity contribution is -0.149. The van der Waals surface area contributed by atoms with Crippen LogP contribution in [0.25, 0.3) is 0 Å². The van der Waals surface area contributed by atoms with Gasteiger partial charge < -0.3 is 10.1 Å². The Balaban J connectivity index is 1.50. The Morgan fingerprint density at radius 3 is 2.70 bits per heavy atom. The number of carbonyl (C=O) groups excluding carboxylic acids is 2. The summed E-state index contributed by atoms with van der Waals surface area (Å²) >= 11 is 1.03. The molecule has 1 aromatic heterocycles. The van der Waals surface area contributed by atoms with Crippen LogP contribution in [0.15, 0.2) is 28.4 Å². The van der Waals surface area contributed by atoms with Crippen LogP contribution in [-0.2, 0) is 33.7 Å². The lowest BCUT2D eigenvalue weighted by atomic mass is 9.89. The number of rotatable bonds is 6. The Morgan fingerprint density at radius 2 is 2.00 bits per heavy atom. The molecule has 0 unspecified atom stereocenters. The number of benzene rings is 1. The summed E-state index contributed by atoms with van der Waals surface area (Å²) in [5, 5.41) is 4.54. The maximum absolute atomic E-state index is 12.1. The second-order valence-corrected chi connectivity index (χ2v) is 7.73. The van der Waals surface area contributed by atoms with Crippen LogP contribution >= 0.6 is 11.3 Å². The van der Waals surface area contributed by atoms with Gasteiger partial charge in [-0.05, 0) is 56.2 Å². The van der Waals surface area contributed by atoms with E-state index in [0.29, 0.717) is 5.69 Å². The second kappa shape index (κ2) is 8.52. The number of hydrogen-bond acceptors (Lipinski definition) is 5. The number of hydrogen-bond donors (Lipinski definition) is 1. The fourth-order valence-electron chi connectivity index (χ4n) is 3.31. The van der Waals surface area contributed by atoms with E-state index < -0.39 is 5.97 Å². The summed E-state index contributed by atoms with van der Waals surface area (Å²) in [5.41, 5.74) is 4.52. The second-order valence-electron chi connectivity index (χ2n) is 6.91. The van der Waals surface area contributed by atoms with E-state index in [9.17, 15) is 14.4 Å². The van der Waals surface area contributed by atoms with Crippen molar-refractivity contribution >= 4 is 23.2 Å². The molecule has 0 radical (unpaired) electrons. The lowest BCUT2D eigenvalue weighted by Gasteiger charge is -2.20. The van der Waals surface area contributed by atoms with Gasteiger partial charge in [-0.1, -0.05) is 29.5 Å². The van der Waals surface area contributed by atoms with Crippen LogP contribution in [0.4, 0.5) is 0 Å². The molecule has 1 heterocycles. The number of fused-ring (bicyclic) bond motifs is 1. The van der Waals surface area contributed by atoms with Crippen LogP contribution in [0.3, 0.4) is 0 Å². The largest absolute Gasteiger partial charge is 0.454 e. The predicted molar refractivity (Wildman–Crippen MR) is 104 cm³/mol. The fourth-order valence-corrected chi connectivity index (χ4v) is 4.04. The van der Waals surface area contributed by atoms with Crippen LogP contribution in [0.5, 0.6) is 0 Å². The third kappa shape index (κ3) is 4.86. The minimum atomic E-state index is -0.602. The van der Waals surface area contributed by atoms with Gasteiger partial charge in [0.05, 0.1) is 6.04 Å². The zero-order chi connectivity index (χ0) is 19.4. The Labute approximate surface area is 162 Å². The zero-order valence-corrected chi connectivity index (χ0v) is 16.4. The molecular weight excluding hydrogens is 364 g/mol. The van der Waals surface area contributed by atoms with Crippen LogP contribution in [0.1, 0.15) is 48.2 Å². The number of aryl methyl sites for hydroxylation is 3. The summed E-state index contributed by atoms with van der Waals surface area (Å²) in [4.78, 5) is 35.4. The molecule has 6 nitrogen and oxygen atoms in total. The number of thiazole rings is 1. The maximum atomic E-state index is 12.1. The van der Waals surface area contributed by atoms with Crippen LogP contribution in [0, 0.1) is 6.92 Å². The minimum Gasteiger partial charge on any atom is -0.454 e. The van der Waals surface area contributed by atoms with Gasteiger partial charge in [0.25, 0.3) is 5.91 Å². The molecule has 1 amide bonds. The highest BCUT2D eigenvalue weighted by molar-refractivity contribution is 7.07. The van der Waals surface area contributed by atoms with E-state index in [1.807, 2.05) is 13.0 Å². The van der Waals surface area contributed by atoms with E-state index in [0.717, 1.165) is 29.7 Å². The smallest absolute Gasteiger partial charge is 0.326 e. The molecule has 27 heavy (non-hydrogen) atoms. The van der Waals surface area contributed by atoms with Crippen molar-refractivity contribution < 1.29 is 14.3 Å². The number of nitrogens with zero attached hydrogens (tertiary/aromatic N) is 1. The SMILES string of the molecule is Cc1csc(=O)n1CC(=O)OCC(=O)N[C@@H](C)c1ccc2c(c1)CCCC2. The molecule has 0 saturated carbocycles. The first-order valence-electron chi connectivity index (χ1n) is 9.15. The quantitative estimate of drug-likeness (QED) is 0.772. The summed E-state index contributed by atoms with van der Waals surface area (Å²) < 4.78 is 6.34. The van der Waals surface area contributed by atoms with E-state index in [4.69, 9.17) is 4.74 Å². The molecule has 0 spiro atoms. The summed E-state index contributed by atoms with van der Waals surface area (Å²) in [5.74, 6) is -0.960. The van der Waals surface area contributed by atoms with Gasteiger partial charge >= 0.3 is 10.8 Å². The summed E-state index contributed by atoms with van der Waals surface area (Å²) in [7, 11) is 0. The first kappa shape index (κ1) is 19.4. The summed E-state index contributed by atoms with van der Waals surface area (Å²) in [6.45, 7) is 3.13. The molecule has 2 aromatic rings. The number of carbonyl (C=O) groups is 2. The molecule has 0 bridgehead atoms. The molecule has 1 aliphatic carbocycles. The van der Waals surface area contributed by atoms with E-state index in [2.05, 4.69) is 17.4 Å². The third-order valence-corrected chi connectivity index (χ3v) is 5.76. The highest BCUT2D eigenvalue weighted by atomic mass is 32.1. The molecule has 3 rings (SSSR count). The van der Waals surface area contributed by atoms with E-state index in [1.54, 1.807) is 12.3 Å². The van der Waals surface area contributed by atoms with Gasteiger partial charge in [-0.25, -0.2) is 0 Å². The predicted octanol–water partition coefficient (Wildman–Crippen LogP) is 2.52. The van der Waals surface area contributed by atoms with Gasteiger partial charge in [-0.15, -0.1) is 0 Å². The van der Waals surface area contributed by atoms with Gasteiger partial charge in [0, 0.05) is 11.1 Å². The molecule has 0 saturated heterocycles.